The van der Waals surface area contributed by atoms with Gasteiger partial charge in [0.2, 0.25) is 0 Å². The van der Waals surface area contributed by atoms with E-state index in [1.165, 1.54) is 11.1 Å². The lowest BCUT2D eigenvalue weighted by molar-refractivity contribution is 0.0688. The zero-order chi connectivity index (χ0) is 14.3. The molecule has 1 heterocycles. The normalized spacial score (nSPS) is 16.9. The Labute approximate surface area is 117 Å². The molecule has 0 bridgehead atoms. The summed E-state index contributed by atoms with van der Waals surface area (Å²) in [7, 11) is 0. The molecule has 5 heteroatoms. The molecule has 3 rings (SSSR count). The number of aromatic carboxylic acids is 1. The first-order valence-corrected chi connectivity index (χ1v) is 6.82. The van der Waals surface area contributed by atoms with Gasteiger partial charge in [-0.3, -0.25) is 0 Å². The third kappa shape index (κ3) is 1.99. The fourth-order valence-electron chi connectivity index (χ4n) is 2.91. The van der Waals surface area contributed by atoms with Gasteiger partial charge in [0.15, 0.2) is 5.69 Å². The highest BCUT2D eigenvalue weighted by Crippen LogP contribution is 2.36. The van der Waals surface area contributed by atoms with Crippen LogP contribution in [-0.4, -0.2) is 26.1 Å². The molecular weight excluding hydrogens is 254 g/mol. The highest BCUT2D eigenvalue weighted by Gasteiger charge is 2.29. The smallest absolute Gasteiger partial charge is 0.358 e. The maximum absolute atomic E-state index is 11.2. The molecule has 1 aliphatic rings. The number of carboxylic acids is 1. The Morgan fingerprint density at radius 1 is 1.45 bits per heavy atom. The van der Waals surface area contributed by atoms with E-state index in [-0.39, 0.29) is 11.6 Å². The lowest BCUT2D eigenvalue weighted by Crippen LogP contribution is -2.24. The molecule has 104 valence electrons. The Bertz CT molecular complexity index is 661. The molecule has 0 saturated heterocycles. The average molecular weight is 271 g/mol. The van der Waals surface area contributed by atoms with Gasteiger partial charge in [-0.25, -0.2) is 9.48 Å². The molecule has 2 aromatic rings. The molecule has 0 fully saturated rings. The summed E-state index contributed by atoms with van der Waals surface area (Å²) in [6.45, 7) is 4.64. The SMILES string of the molecule is CC(C)c1c(C(=O)O)nnn1CC1Cc2ccccc21. The molecule has 0 radical (unpaired) electrons. The van der Waals surface area contributed by atoms with E-state index in [4.69, 9.17) is 0 Å². The van der Waals surface area contributed by atoms with E-state index < -0.39 is 5.97 Å². The van der Waals surface area contributed by atoms with Crippen LogP contribution >= 0.6 is 0 Å². The van der Waals surface area contributed by atoms with Gasteiger partial charge in [0.05, 0.1) is 12.2 Å². The van der Waals surface area contributed by atoms with Gasteiger partial charge in [0, 0.05) is 5.92 Å². The number of nitrogens with zero attached hydrogens (tertiary/aromatic N) is 3. The van der Waals surface area contributed by atoms with E-state index in [9.17, 15) is 9.90 Å². The summed E-state index contributed by atoms with van der Waals surface area (Å²) in [6.07, 6.45) is 1.02. The number of aromatic nitrogens is 3. The van der Waals surface area contributed by atoms with Crippen molar-refractivity contribution >= 4 is 5.97 Å². The van der Waals surface area contributed by atoms with E-state index in [0.717, 1.165) is 6.42 Å². The van der Waals surface area contributed by atoms with Crippen LogP contribution in [0.5, 0.6) is 0 Å². The molecule has 0 spiro atoms. The molecule has 5 nitrogen and oxygen atoms in total. The number of carbonyl (C=O) groups is 1. The predicted molar refractivity (Wildman–Crippen MR) is 74.0 cm³/mol. The minimum atomic E-state index is -1.01. The third-order valence-corrected chi connectivity index (χ3v) is 3.88. The average Bonchev–Trinajstić information content (AvgIpc) is 2.80. The molecular formula is C15H17N3O2. The second-order valence-corrected chi connectivity index (χ2v) is 5.57. The van der Waals surface area contributed by atoms with Crippen molar-refractivity contribution < 1.29 is 9.90 Å². The summed E-state index contributed by atoms with van der Waals surface area (Å²) in [5.74, 6) is -0.507. The Morgan fingerprint density at radius 2 is 2.20 bits per heavy atom. The Balaban J connectivity index is 1.88. The molecule has 0 amide bonds. The third-order valence-electron chi connectivity index (χ3n) is 3.88. The van der Waals surface area contributed by atoms with Crippen LogP contribution in [0.15, 0.2) is 24.3 Å². The number of benzene rings is 1. The van der Waals surface area contributed by atoms with Gasteiger partial charge in [-0.05, 0) is 23.5 Å². The molecule has 1 unspecified atom stereocenters. The maximum Gasteiger partial charge on any atom is 0.358 e. The van der Waals surface area contributed by atoms with Crippen LogP contribution in [0.2, 0.25) is 0 Å². The molecule has 20 heavy (non-hydrogen) atoms. The van der Waals surface area contributed by atoms with Gasteiger partial charge >= 0.3 is 5.97 Å². The highest BCUT2D eigenvalue weighted by atomic mass is 16.4. The van der Waals surface area contributed by atoms with Crippen molar-refractivity contribution in [1.82, 2.24) is 15.0 Å². The summed E-state index contributed by atoms with van der Waals surface area (Å²) in [6, 6.07) is 8.36. The van der Waals surface area contributed by atoms with Gasteiger partial charge in [-0.15, -0.1) is 5.10 Å². The lowest BCUT2D eigenvalue weighted by atomic mass is 9.77. The van der Waals surface area contributed by atoms with Gasteiger partial charge < -0.3 is 5.11 Å². The summed E-state index contributed by atoms with van der Waals surface area (Å²) in [4.78, 5) is 11.2. The highest BCUT2D eigenvalue weighted by molar-refractivity contribution is 5.86. The van der Waals surface area contributed by atoms with E-state index >= 15 is 0 Å². The van der Waals surface area contributed by atoms with E-state index in [2.05, 4.69) is 22.4 Å². The van der Waals surface area contributed by atoms with Crippen LogP contribution < -0.4 is 0 Å². The quantitative estimate of drug-likeness (QED) is 0.927. The summed E-state index contributed by atoms with van der Waals surface area (Å²) in [5, 5.41) is 17.0. The monoisotopic (exact) mass is 271 g/mol. The summed E-state index contributed by atoms with van der Waals surface area (Å²) < 4.78 is 1.76. The first-order chi connectivity index (χ1) is 9.58. The van der Waals surface area contributed by atoms with Gasteiger partial charge in [0.1, 0.15) is 0 Å². The minimum Gasteiger partial charge on any atom is -0.476 e. The van der Waals surface area contributed by atoms with Crippen LogP contribution in [0, 0.1) is 0 Å². The number of rotatable bonds is 4. The van der Waals surface area contributed by atoms with Crippen LogP contribution in [-0.2, 0) is 13.0 Å². The minimum absolute atomic E-state index is 0.0765. The second kappa shape index (κ2) is 4.74. The molecule has 1 aromatic heterocycles. The molecule has 0 aliphatic heterocycles. The van der Waals surface area contributed by atoms with Crippen molar-refractivity contribution in [2.75, 3.05) is 0 Å². The van der Waals surface area contributed by atoms with E-state index in [1.807, 2.05) is 26.0 Å². The van der Waals surface area contributed by atoms with Crippen molar-refractivity contribution in [2.45, 2.75) is 38.6 Å². The first-order valence-electron chi connectivity index (χ1n) is 6.82. The van der Waals surface area contributed by atoms with Gasteiger partial charge in [0.25, 0.3) is 0 Å². The van der Waals surface area contributed by atoms with E-state index in [0.29, 0.717) is 18.2 Å². The van der Waals surface area contributed by atoms with Crippen LogP contribution in [0.25, 0.3) is 0 Å². The van der Waals surface area contributed by atoms with Gasteiger partial charge in [-0.1, -0.05) is 43.3 Å². The summed E-state index contributed by atoms with van der Waals surface area (Å²) in [5.41, 5.74) is 3.51. The van der Waals surface area contributed by atoms with Crippen molar-refractivity contribution in [3.8, 4) is 0 Å². The summed E-state index contributed by atoms with van der Waals surface area (Å²) >= 11 is 0. The largest absolute Gasteiger partial charge is 0.476 e. The number of hydrogen-bond acceptors (Lipinski definition) is 3. The Hall–Kier alpha value is -2.17. The lowest BCUT2D eigenvalue weighted by Gasteiger charge is -2.30. The topological polar surface area (TPSA) is 68.0 Å². The van der Waals surface area contributed by atoms with Crippen molar-refractivity contribution in [3.63, 3.8) is 0 Å². The van der Waals surface area contributed by atoms with Crippen molar-refractivity contribution in [2.24, 2.45) is 0 Å². The second-order valence-electron chi connectivity index (χ2n) is 5.57. The standard InChI is InChI=1S/C15H17N3O2/c1-9(2)14-13(15(19)20)16-17-18(14)8-11-7-10-5-3-4-6-12(10)11/h3-6,9,11H,7-8H2,1-2H3,(H,19,20). The molecule has 1 N–H and O–H groups in total. The number of hydrogen-bond donors (Lipinski definition) is 1. The fourth-order valence-corrected chi connectivity index (χ4v) is 2.91. The molecule has 1 aliphatic carbocycles. The molecule has 1 atom stereocenters. The zero-order valence-electron chi connectivity index (χ0n) is 11.6. The maximum atomic E-state index is 11.2. The van der Waals surface area contributed by atoms with Crippen LogP contribution in [0.3, 0.4) is 0 Å². The van der Waals surface area contributed by atoms with Crippen LogP contribution in [0.4, 0.5) is 0 Å². The zero-order valence-corrected chi connectivity index (χ0v) is 11.6. The van der Waals surface area contributed by atoms with Crippen molar-refractivity contribution in [3.05, 3.63) is 46.8 Å². The Morgan fingerprint density at radius 3 is 2.85 bits per heavy atom. The Kier molecular flexibility index (Phi) is 3.04. The number of carboxylic acid groups (broad SMARTS) is 1. The van der Waals surface area contributed by atoms with Crippen molar-refractivity contribution in [1.29, 1.82) is 0 Å². The number of fused-ring (bicyclic) bond motifs is 1. The van der Waals surface area contributed by atoms with Gasteiger partial charge in [-0.2, -0.15) is 0 Å². The fraction of sp³-hybridized carbons (Fsp3) is 0.400. The molecule has 0 saturated carbocycles. The van der Waals surface area contributed by atoms with E-state index in [1.54, 1.807) is 4.68 Å². The predicted octanol–water partition coefficient (Wildman–Crippen LogP) is 2.44. The van der Waals surface area contributed by atoms with Crippen LogP contribution in [0.1, 0.15) is 53.0 Å². The first kappa shape index (κ1) is 12.8. The molecule has 1 aromatic carbocycles.